The second-order valence-electron chi connectivity index (χ2n) is 9.13. The number of hydrogen-bond donors (Lipinski definition) is 1. The van der Waals surface area contributed by atoms with Crippen LogP contribution in [0, 0.1) is 0 Å². The van der Waals surface area contributed by atoms with Gasteiger partial charge in [0, 0.05) is 29.6 Å². The zero-order valence-electron chi connectivity index (χ0n) is 19.1. The van der Waals surface area contributed by atoms with Crippen LogP contribution in [0.3, 0.4) is 0 Å². The first-order chi connectivity index (χ1) is 15.6. The molecule has 8 nitrogen and oxygen atoms in total. The lowest BCUT2D eigenvalue weighted by Gasteiger charge is -2.28. The fraction of sp³-hybridized carbons (Fsp3) is 0.375. The highest BCUT2D eigenvalue weighted by Crippen LogP contribution is 2.39. The van der Waals surface area contributed by atoms with E-state index in [9.17, 15) is 9.59 Å². The quantitative estimate of drug-likeness (QED) is 0.726. The lowest BCUT2D eigenvalue weighted by Crippen LogP contribution is -2.49. The molecule has 0 saturated heterocycles. The summed E-state index contributed by atoms with van der Waals surface area (Å²) < 4.78 is 10.9. The molecule has 1 unspecified atom stereocenters. The van der Waals surface area contributed by atoms with Gasteiger partial charge in [-0.3, -0.25) is 4.79 Å². The largest absolute Gasteiger partial charge is 0.454 e. The Labute approximate surface area is 198 Å². The first-order valence-electron chi connectivity index (χ1n) is 10.7. The van der Waals surface area contributed by atoms with Crippen LogP contribution >= 0.6 is 11.6 Å². The van der Waals surface area contributed by atoms with E-state index in [1.165, 1.54) is 9.91 Å². The van der Waals surface area contributed by atoms with E-state index in [-0.39, 0.29) is 31.3 Å². The van der Waals surface area contributed by atoms with Crippen LogP contribution in [-0.2, 0) is 4.79 Å². The van der Waals surface area contributed by atoms with Crippen LogP contribution in [-0.4, -0.2) is 53.5 Å². The van der Waals surface area contributed by atoms with Crippen LogP contribution in [0.5, 0.6) is 11.5 Å². The van der Waals surface area contributed by atoms with Gasteiger partial charge in [0.25, 0.3) is 5.91 Å². The third kappa shape index (κ3) is 5.06. The predicted octanol–water partition coefficient (Wildman–Crippen LogP) is 4.19. The Morgan fingerprint density at radius 2 is 1.91 bits per heavy atom. The molecule has 2 heterocycles. The molecule has 0 aromatic heterocycles. The minimum atomic E-state index is -0.410. The Kier molecular flexibility index (Phi) is 6.21. The average molecular weight is 471 g/mol. The van der Waals surface area contributed by atoms with E-state index >= 15 is 0 Å². The number of amides is 3. The van der Waals surface area contributed by atoms with Gasteiger partial charge in [-0.1, -0.05) is 35.9 Å². The minimum absolute atomic E-state index is 0.123. The van der Waals surface area contributed by atoms with E-state index in [1.54, 1.807) is 13.1 Å². The van der Waals surface area contributed by atoms with Gasteiger partial charge in [0.15, 0.2) is 11.5 Å². The van der Waals surface area contributed by atoms with Gasteiger partial charge in [-0.25, -0.2) is 9.80 Å². The van der Waals surface area contributed by atoms with Gasteiger partial charge in [0.2, 0.25) is 6.79 Å². The first-order valence-corrected chi connectivity index (χ1v) is 11.1. The highest BCUT2D eigenvalue weighted by molar-refractivity contribution is 6.34. The van der Waals surface area contributed by atoms with Crippen molar-refractivity contribution in [2.75, 3.05) is 20.4 Å². The van der Waals surface area contributed by atoms with Gasteiger partial charge in [-0.05, 0) is 44.5 Å². The number of rotatable bonds is 4. The number of hydrazone groups is 1. The zero-order chi connectivity index (χ0) is 23.8. The summed E-state index contributed by atoms with van der Waals surface area (Å²) in [5, 5.41) is 9.51. The second kappa shape index (κ2) is 8.94. The fourth-order valence-electron chi connectivity index (χ4n) is 3.74. The van der Waals surface area contributed by atoms with Crippen LogP contribution in [0.15, 0.2) is 47.6 Å². The van der Waals surface area contributed by atoms with Crippen LogP contribution in [0.1, 0.15) is 44.4 Å². The van der Waals surface area contributed by atoms with Crippen molar-refractivity contribution in [3.63, 3.8) is 0 Å². The zero-order valence-corrected chi connectivity index (χ0v) is 19.8. The summed E-state index contributed by atoms with van der Waals surface area (Å²) in [5.74, 6) is 1.000. The van der Waals surface area contributed by atoms with Crippen molar-refractivity contribution in [1.82, 2.24) is 15.2 Å². The molecule has 0 radical (unpaired) electrons. The lowest BCUT2D eigenvalue weighted by atomic mass is 9.98. The number of likely N-dealkylation sites (N-methyl/N-ethyl adjacent to an activating group) is 1. The maximum atomic E-state index is 13.3. The highest BCUT2D eigenvalue weighted by Gasteiger charge is 2.35. The molecular formula is C24H27ClN4O4. The number of halogens is 1. The molecule has 0 saturated carbocycles. The van der Waals surface area contributed by atoms with Crippen LogP contribution in [0.2, 0.25) is 5.02 Å². The highest BCUT2D eigenvalue weighted by atomic mass is 35.5. The van der Waals surface area contributed by atoms with Crippen molar-refractivity contribution in [1.29, 1.82) is 0 Å². The lowest BCUT2D eigenvalue weighted by molar-refractivity contribution is -0.133. The summed E-state index contributed by atoms with van der Waals surface area (Å²) in [6.45, 7) is 5.70. The van der Waals surface area contributed by atoms with E-state index in [4.69, 9.17) is 21.1 Å². The molecule has 2 aliphatic rings. The molecule has 0 spiro atoms. The van der Waals surface area contributed by atoms with Crippen molar-refractivity contribution < 1.29 is 19.1 Å². The van der Waals surface area contributed by atoms with Crippen molar-refractivity contribution >= 4 is 29.3 Å². The molecule has 9 heteroatoms. The minimum Gasteiger partial charge on any atom is -0.454 e. The number of carbonyl (C=O) groups is 2. The first kappa shape index (κ1) is 22.9. The molecule has 0 bridgehead atoms. The third-order valence-electron chi connectivity index (χ3n) is 5.33. The molecule has 0 fully saturated rings. The number of nitrogens with zero attached hydrogens (tertiary/aromatic N) is 3. The Bertz CT molecular complexity index is 1110. The number of ether oxygens (including phenoxy) is 2. The van der Waals surface area contributed by atoms with Gasteiger partial charge < -0.3 is 19.7 Å². The van der Waals surface area contributed by atoms with Crippen molar-refractivity contribution in [3.05, 3.63) is 58.6 Å². The van der Waals surface area contributed by atoms with E-state index < -0.39 is 5.54 Å². The fourth-order valence-corrected chi connectivity index (χ4v) is 3.99. The molecule has 4 rings (SSSR count). The Hall–Kier alpha value is -3.26. The summed E-state index contributed by atoms with van der Waals surface area (Å²) in [5.41, 5.74) is 1.93. The molecular weight excluding hydrogens is 444 g/mol. The molecule has 3 amide bonds. The van der Waals surface area contributed by atoms with Gasteiger partial charge in [-0.15, -0.1) is 0 Å². The summed E-state index contributed by atoms with van der Waals surface area (Å²) in [6.07, 6.45) is 0.479. The normalized spacial score (nSPS) is 17.1. The van der Waals surface area contributed by atoms with Gasteiger partial charge in [-0.2, -0.15) is 5.10 Å². The van der Waals surface area contributed by atoms with Gasteiger partial charge in [0.1, 0.15) is 6.54 Å². The molecule has 174 valence electrons. The van der Waals surface area contributed by atoms with Crippen molar-refractivity contribution in [2.45, 2.75) is 38.8 Å². The number of carbonyl (C=O) groups excluding carboxylic acids is 2. The van der Waals surface area contributed by atoms with Crippen LogP contribution in [0.4, 0.5) is 4.79 Å². The summed E-state index contributed by atoms with van der Waals surface area (Å²) in [7, 11) is 1.59. The number of fused-ring (bicyclic) bond motifs is 1. The van der Waals surface area contributed by atoms with E-state index in [0.717, 1.165) is 11.1 Å². The molecule has 2 aromatic carbocycles. The summed E-state index contributed by atoms with van der Waals surface area (Å²) in [4.78, 5) is 27.1. The topological polar surface area (TPSA) is 83.5 Å². The summed E-state index contributed by atoms with van der Waals surface area (Å²) >= 11 is 6.41. The SMILES string of the molecule is CN(CC(=O)N1N=C(c2ccccc2Cl)CC1c1ccc2c(c1)OCO2)C(=O)NC(C)(C)C. The molecule has 1 N–H and O–H groups in total. The third-order valence-corrected chi connectivity index (χ3v) is 5.66. The smallest absolute Gasteiger partial charge is 0.318 e. The standard InChI is InChI=1S/C24H27ClN4O4/c1-24(2,3)26-23(31)28(4)13-22(30)29-19(15-9-10-20-21(11-15)33-14-32-20)12-18(27-29)16-7-5-6-8-17(16)25/h5-11,19H,12-14H2,1-4H3,(H,26,31). The molecule has 1 atom stereocenters. The molecule has 0 aliphatic carbocycles. The monoisotopic (exact) mass is 470 g/mol. The van der Waals surface area contributed by atoms with Crippen LogP contribution < -0.4 is 14.8 Å². The van der Waals surface area contributed by atoms with E-state index in [2.05, 4.69) is 10.4 Å². The Morgan fingerprint density at radius 1 is 1.18 bits per heavy atom. The Balaban J connectivity index is 1.61. The van der Waals surface area contributed by atoms with Gasteiger partial charge >= 0.3 is 6.03 Å². The van der Waals surface area contributed by atoms with Crippen molar-refractivity contribution in [3.8, 4) is 11.5 Å². The number of hydrogen-bond acceptors (Lipinski definition) is 5. The van der Waals surface area contributed by atoms with Gasteiger partial charge in [0.05, 0.1) is 11.8 Å². The van der Waals surface area contributed by atoms with E-state index in [0.29, 0.717) is 28.7 Å². The maximum absolute atomic E-state index is 13.3. The number of urea groups is 1. The van der Waals surface area contributed by atoms with Crippen molar-refractivity contribution in [2.24, 2.45) is 5.10 Å². The molecule has 2 aromatic rings. The molecule has 2 aliphatic heterocycles. The predicted molar refractivity (Wildman–Crippen MR) is 126 cm³/mol. The molecule has 33 heavy (non-hydrogen) atoms. The summed E-state index contributed by atoms with van der Waals surface area (Å²) in [6, 6.07) is 12.3. The Morgan fingerprint density at radius 3 is 2.64 bits per heavy atom. The second-order valence-corrected chi connectivity index (χ2v) is 9.54. The maximum Gasteiger partial charge on any atom is 0.318 e. The number of benzene rings is 2. The number of nitrogens with one attached hydrogen (secondary N) is 1. The van der Waals surface area contributed by atoms with E-state index in [1.807, 2.05) is 57.2 Å². The van der Waals surface area contributed by atoms with Crippen LogP contribution in [0.25, 0.3) is 0 Å². The average Bonchev–Trinajstić information content (AvgIpc) is 3.39.